The molecule has 19 heavy (non-hydrogen) atoms. The van der Waals surface area contributed by atoms with Crippen molar-refractivity contribution in [2.45, 2.75) is 27.2 Å². The van der Waals surface area contributed by atoms with E-state index in [2.05, 4.69) is 9.97 Å². The van der Waals surface area contributed by atoms with Crippen LogP contribution in [0.15, 0.2) is 29.1 Å². The van der Waals surface area contributed by atoms with Gasteiger partial charge in [-0.1, -0.05) is 43.7 Å². The van der Waals surface area contributed by atoms with E-state index < -0.39 is 0 Å². The maximum absolute atomic E-state index is 12.1. The topological polar surface area (TPSA) is 66.0 Å². The minimum absolute atomic E-state index is 0.204. The van der Waals surface area contributed by atoms with Crippen LogP contribution in [-0.2, 0) is 6.42 Å². The molecule has 0 saturated heterocycles. The normalized spacial score (nSPS) is 10.9. The molecule has 0 atom stereocenters. The van der Waals surface area contributed by atoms with Crippen LogP contribution in [0, 0.1) is 12.8 Å². The van der Waals surface area contributed by atoms with Crippen LogP contribution < -0.4 is 5.56 Å². The van der Waals surface area contributed by atoms with Crippen LogP contribution in [0.25, 0.3) is 11.1 Å². The summed E-state index contributed by atoms with van der Waals surface area (Å²) in [7, 11) is 0. The molecular formula is C15H18N2O2. The maximum atomic E-state index is 12.1. The zero-order chi connectivity index (χ0) is 14.0. The number of rotatable bonds is 3. The van der Waals surface area contributed by atoms with Gasteiger partial charge in [0.05, 0.1) is 0 Å². The predicted molar refractivity (Wildman–Crippen MR) is 75.2 cm³/mol. The average molecular weight is 258 g/mol. The highest BCUT2D eigenvalue weighted by molar-refractivity contribution is 5.67. The molecule has 2 rings (SSSR count). The molecular weight excluding hydrogens is 240 g/mol. The van der Waals surface area contributed by atoms with E-state index in [-0.39, 0.29) is 17.0 Å². The Labute approximate surface area is 112 Å². The second-order valence-corrected chi connectivity index (χ2v) is 5.18. The van der Waals surface area contributed by atoms with Crippen molar-refractivity contribution < 1.29 is 5.11 Å². The van der Waals surface area contributed by atoms with Crippen molar-refractivity contribution in [3.63, 3.8) is 0 Å². The Morgan fingerprint density at radius 1 is 1.37 bits per heavy atom. The smallest absolute Gasteiger partial charge is 0.262 e. The molecule has 4 nitrogen and oxygen atoms in total. The van der Waals surface area contributed by atoms with Crippen molar-refractivity contribution >= 4 is 0 Å². The van der Waals surface area contributed by atoms with E-state index >= 15 is 0 Å². The van der Waals surface area contributed by atoms with E-state index in [4.69, 9.17) is 0 Å². The fourth-order valence-corrected chi connectivity index (χ4v) is 2.05. The predicted octanol–water partition coefficient (Wildman–Crippen LogP) is 2.65. The molecule has 0 bridgehead atoms. The van der Waals surface area contributed by atoms with Crippen LogP contribution in [0.3, 0.4) is 0 Å². The number of nitrogens with one attached hydrogen (secondary N) is 1. The molecule has 0 unspecified atom stereocenters. The molecule has 1 aromatic heterocycles. The Bertz CT molecular complexity index is 645. The number of hydrogen-bond acceptors (Lipinski definition) is 3. The van der Waals surface area contributed by atoms with E-state index in [0.29, 0.717) is 23.7 Å². The summed E-state index contributed by atoms with van der Waals surface area (Å²) >= 11 is 0. The largest absolute Gasteiger partial charge is 0.493 e. The molecule has 2 aromatic rings. The first-order valence-corrected chi connectivity index (χ1v) is 6.36. The van der Waals surface area contributed by atoms with Gasteiger partial charge >= 0.3 is 0 Å². The summed E-state index contributed by atoms with van der Waals surface area (Å²) in [5.41, 5.74) is 1.65. The number of aryl methyl sites for hydroxylation is 1. The third-order valence-corrected chi connectivity index (χ3v) is 2.86. The molecule has 0 amide bonds. The van der Waals surface area contributed by atoms with Crippen molar-refractivity contribution in [1.82, 2.24) is 9.97 Å². The van der Waals surface area contributed by atoms with Crippen molar-refractivity contribution in [2.24, 2.45) is 5.92 Å². The van der Waals surface area contributed by atoms with Crippen molar-refractivity contribution in [3.05, 3.63) is 46.0 Å². The fourth-order valence-electron chi connectivity index (χ4n) is 2.05. The van der Waals surface area contributed by atoms with Gasteiger partial charge in [0.15, 0.2) is 0 Å². The molecule has 4 heteroatoms. The molecule has 0 saturated carbocycles. The monoisotopic (exact) mass is 258 g/mol. The molecule has 2 N–H and O–H groups in total. The van der Waals surface area contributed by atoms with Gasteiger partial charge in [-0.05, 0) is 18.4 Å². The summed E-state index contributed by atoms with van der Waals surface area (Å²) in [4.78, 5) is 18.9. The number of aromatic hydroxyl groups is 1. The quantitative estimate of drug-likeness (QED) is 0.889. The van der Waals surface area contributed by atoms with Gasteiger partial charge in [0, 0.05) is 6.42 Å². The first-order valence-electron chi connectivity index (χ1n) is 6.36. The second-order valence-electron chi connectivity index (χ2n) is 5.18. The summed E-state index contributed by atoms with van der Waals surface area (Å²) in [6.07, 6.45) is 0.636. The van der Waals surface area contributed by atoms with E-state index in [1.54, 1.807) is 6.07 Å². The molecule has 0 spiro atoms. The number of benzene rings is 1. The van der Waals surface area contributed by atoms with E-state index in [9.17, 15) is 9.90 Å². The lowest BCUT2D eigenvalue weighted by atomic mass is 10.1. The highest BCUT2D eigenvalue weighted by Crippen LogP contribution is 2.24. The summed E-state index contributed by atoms with van der Waals surface area (Å²) < 4.78 is 0. The number of aromatic nitrogens is 2. The highest BCUT2D eigenvalue weighted by atomic mass is 16.3. The van der Waals surface area contributed by atoms with E-state index in [0.717, 1.165) is 5.56 Å². The number of H-pyrrole nitrogens is 1. The molecule has 0 fully saturated rings. The Morgan fingerprint density at radius 3 is 2.68 bits per heavy atom. The Kier molecular flexibility index (Phi) is 3.69. The number of hydrogen-bond donors (Lipinski definition) is 2. The molecule has 1 heterocycles. The van der Waals surface area contributed by atoms with Gasteiger partial charge in [-0.2, -0.15) is 4.98 Å². The summed E-state index contributed by atoms with van der Waals surface area (Å²) in [6, 6.07) is 7.44. The Hall–Kier alpha value is -2.10. The standard InChI is InChI=1S/C15H18N2O2/c1-9(2)7-12-16-14(18)13(15(19)17-12)11-6-4-5-10(3)8-11/h4-6,8-9H,7H2,1-3H3,(H2,16,17,18,19). The lowest BCUT2D eigenvalue weighted by Crippen LogP contribution is -2.15. The number of aromatic amines is 1. The fraction of sp³-hybridized carbons (Fsp3) is 0.333. The molecule has 1 aromatic carbocycles. The lowest BCUT2D eigenvalue weighted by molar-refractivity contribution is 0.447. The van der Waals surface area contributed by atoms with Crippen LogP contribution in [0.2, 0.25) is 0 Å². The van der Waals surface area contributed by atoms with Gasteiger partial charge < -0.3 is 10.1 Å². The third-order valence-electron chi connectivity index (χ3n) is 2.86. The van der Waals surface area contributed by atoms with Crippen LogP contribution >= 0.6 is 0 Å². The van der Waals surface area contributed by atoms with Gasteiger partial charge in [0.25, 0.3) is 5.56 Å². The second kappa shape index (κ2) is 5.26. The van der Waals surface area contributed by atoms with Gasteiger partial charge in [-0.15, -0.1) is 0 Å². The SMILES string of the molecule is Cc1cccc(-c2c(O)nc(CC(C)C)[nH]c2=O)c1. The maximum Gasteiger partial charge on any atom is 0.262 e. The van der Waals surface area contributed by atoms with Crippen molar-refractivity contribution in [2.75, 3.05) is 0 Å². The third kappa shape index (κ3) is 3.02. The molecule has 100 valence electrons. The van der Waals surface area contributed by atoms with Gasteiger partial charge in [-0.3, -0.25) is 4.79 Å². The first kappa shape index (κ1) is 13.3. The zero-order valence-electron chi connectivity index (χ0n) is 11.4. The zero-order valence-corrected chi connectivity index (χ0v) is 11.4. The summed E-state index contributed by atoms with van der Waals surface area (Å²) in [5, 5.41) is 10.00. The van der Waals surface area contributed by atoms with Crippen LogP contribution in [-0.4, -0.2) is 15.1 Å². The van der Waals surface area contributed by atoms with Crippen LogP contribution in [0.4, 0.5) is 0 Å². The minimum Gasteiger partial charge on any atom is -0.493 e. The number of nitrogens with zero attached hydrogens (tertiary/aromatic N) is 1. The average Bonchev–Trinajstić information content (AvgIpc) is 2.26. The first-order chi connectivity index (χ1) is 8.97. The molecule has 0 aliphatic carbocycles. The van der Waals surface area contributed by atoms with Gasteiger partial charge in [-0.25, -0.2) is 0 Å². The Morgan fingerprint density at radius 2 is 2.11 bits per heavy atom. The summed E-state index contributed by atoms with van der Waals surface area (Å²) in [5.74, 6) is 0.686. The highest BCUT2D eigenvalue weighted by Gasteiger charge is 2.13. The van der Waals surface area contributed by atoms with E-state index in [1.807, 2.05) is 39.0 Å². The van der Waals surface area contributed by atoms with Crippen LogP contribution in [0.1, 0.15) is 25.2 Å². The van der Waals surface area contributed by atoms with E-state index in [1.165, 1.54) is 0 Å². The molecule has 0 aliphatic heterocycles. The molecule has 0 aliphatic rings. The van der Waals surface area contributed by atoms with Gasteiger partial charge in [0.2, 0.25) is 5.88 Å². The minimum atomic E-state index is -0.297. The molecule has 0 radical (unpaired) electrons. The van der Waals surface area contributed by atoms with Crippen molar-refractivity contribution in [3.8, 4) is 17.0 Å². The Balaban J connectivity index is 2.51. The van der Waals surface area contributed by atoms with Gasteiger partial charge in [0.1, 0.15) is 11.4 Å². The van der Waals surface area contributed by atoms with Crippen molar-refractivity contribution in [1.29, 1.82) is 0 Å². The van der Waals surface area contributed by atoms with Crippen LogP contribution in [0.5, 0.6) is 5.88 Å². The summed E-state index contributed by atoms with van der Waals surface area (Å²) in [6.45, 7) is 6.01. The lowest BCUT2D eigenvalue weighted by Gasteiger charge is -2.08.